The Morgan fingerprint density at radius 1 is 1.33 bits per heavy atom. The van der Waals surface area contributed by atoms with Crippen molar-refractivity contribution in [2.45, 2.75) is 25.1 Å². The molecule has 0 aliphatic rings. The zero-order valence-electron chi connectivity index (χ0n) is 10.7. The van der Waals surface area contributed by atoms with Crippen LogP contribution >= 0.6 is 15.9 Å². The van der Waals surface area contributed by atoms with Crippen molar-refractivity contribution >= 4 is 21.9 Å². The topological polar surface area (TPSA) is 52.3 Å². The summed E-state index contributed by atoms with van der Waals surface area (Å²) in [5.74, 6) is -6.04. The van der Waals surface area contributed by atoms with Gasteiger partial charge < -0.3 is 10.5 Å². The second-order valence-electron chi connectivity index (χ2n) is 4.06. The van der Waals surface area contributed by atoms with E-state index in [1.807, 2.05) is 0 Å². The molecule has 0 fully saturated rings. The number of esters is 1. The predicted molar refractivity (Wildman–Crippen MR) is 67.7 cm³/mol. The molecule has 0 heterocycles. The van der Waals surface area contributed by atoms with Gasteiger partial charge in [-0.1, -0.05) is 15.9 Å². The molecule has 0 aromatic heterocycles. The molecule has 0 saturated heterocycles. The minimum Gasteiger partial charge on any atom is -0.462 e. The molecular weight excluding hydrogens is 365 g/mol. The first-order chi connectivity index (χ1) is 9.51. The summed E-state index contributed by atoms with van der Waals surface area (Å²) >= 11 is 2.85. The lowest BCUT2D eigenvalue weighted by atomic mass is 9.99. The van der Waals surface area contributed by atoms with Gasteiger partial charge in [-0.25, -0.2) is 4.79 Å². The highest BCUT2D eigenvalue weighted by atomic mass is 79.9. The van der Waals surface area contributed by atoms with Gasteiger partial charge in [0.05, 0.1) is 12.2 Å². The lowest BCUT2D eigenvalue weighted by Crippen LogP contribution is -2.42. The molecule has 3 nitrogen and oxygen atoms in total. The van der Waals surface area contributed by atoms with E-state index in [4.69, 9.17) is 5.73 Å². The number of nitrogens with two attached hydrogens (primary N) is 1. The van der Waals surface area contributed by atoms with Gasteiger partial charge >= 0.3 is 18.1 Å². The predicted octanol–water partition coefficient (Wildman–Crippen LogP) is 3.67. The Bertz CT molecular complexity index is 533. The van der Waals surface area contributed by atoms with E-state index in [1.165, 1.54) is 6.92 Å². The molecule has 118 valence electrons. The highest BCUT2D eigenvalue weighted by Crippen LogP contribution is 2.38. The molecule has 1 atom stereocenters. The molecule has 1 aromatic carbocycles. The number of carbonyl (C=O) groups is 1. The van der Waals surface area contributed by atoms with Crippen molar-refractivity contribution in [1.82, 2.24) is 0 Å². The average molecular weight is 376 g/mol. The van der Waals surface area contributed by atoms with E-state index in [0.717, 1.165) is 6.07 Å². The van der Waals surface area contributed by atoms with Gasteiger partial charge in [-0.05, 0) is 30.7 Å². The van der Waals surface area contributed by atoms with Crippen molar-refractivity contribution in [3.05, 3.63) is 33.8 Å². The van der Waals surface area contributed by atoms with Crippen LogP contribution in [0.4, 0.5) is 22.0 Å². The SMILES string of the molecule is CCOC(=O)C(F)(F)[C@H](N)c1cc(C(F)(F)F)ccc1Br. The number of carbonyl (C=O) groups excluding carboxylic acids is 1. The number of hydrogen-bond acceptors (Lipinski definition) is 3. The van der Waals surface area contributed by atoms with E-state index in [9.17, 15) is 26.7 Å². The molecule has 0 bridgehead atoms. The number of halogens is 6. The van der Waals surface area contributed by atoms with Crippen molar-refractivity contribution in [3.8, 4) is 0 Å². The Kier molecular flexibility index (Phi) is 5.32. The Hall–Kier alpha value is -1.22. The third kappa shape index (κ3) is 3.91. The van der Waals surface area contributed by atoms with Gasteiger partial charge in [0.1, 0.15) is 6.04 Å². The van der Waals surface area contributed by atoms with E-state index < -0.39 is 35.2 Å². The highest BCUT2D eigenvalue weighted by Gasteiger charge is 2.48. The first kappa shape index (κ1) is 17.8. The molecule has 21 heavy (non-hydrogen) atoms. The number of alkyl halides is 5. The monoisotopic (exact) mass is 375 g/mol. The van der Waals surface area contributed by atoms with Gasteiger partial charge in [0.25, 0.3) is 0 Å². The van der Waals surface area contributed by atoms with Gasteiger partial charge in [0.2, 0.25) is 0 Å². The maximum absolute atomic E-state index is 13.8. The van der Waals surface area contributed by atoms with Crippen LogP contribution in [0.3, 0.4) is 0 Å². The molecule has 1 rings (SSSR count). The minimum atomic E-state index is -4.71. The van der Waals surface area contributed by atoms with Crippen LogP contribution in [0.1, 0.15) is 24.1 Å². The first-order valence-corrected chi connectivity index (χ1v) is 6.48. The highest BCUT2D eigenvalue weighted by molar-refractivity contribution is 9.10. The second-order valence-corrected chi connectivity index (χ2v) is 4.91. The number of ether oxygens (including phenoxy) is 1. The van der Waals surface area contributed by atoms with Crippen molar-refractivity contribution < 1.29 is 31.5 Å². The summed E-state index contributed by atoms with van der Waals surface area (Å²) in [6.45, 7) is 1.02. The van der Waals surface area contributed by atoms with Crippen LogP contribution in [0.25, 0.3) is 0 Å². The van der Waals surface area contributed by atoms with Crippen LogP contribution in [-0.4, -0.2) is 18.5 Å². The Balaban J connectivity index is 3.23. The fourth-order valence-electron chi connectivity index (χ4n) is 1.51. The van der Waals surface area contributed by atoms with E-state index in [1.54, 1.807) is 0 Å². The summed E-state index contributed by atoms with van der Waals surface area (Å²) in [5.41, 5.74) is 3.59. The largest absolute Gasteiger partial charge is 0.462 e. The van der Waals surface area contributed by atoms with Gasteiger partial charge in [-0.15, -0.1) is 0 Å². The third-order valence-electron chi connectivity index (χ3n) is 2.60. The van der Waals surface area contributed by atoms with E-state index in [2.05, 4.69) is 20.7 Å². The second kappa shape index (κ2) is 6.27. The van der Waals surface area contributed by atoms with Crippen molar-refractivity contribution in [3.63, 3.8) is 0 Å². The number of rotatable bonds is 4. The van der Waals surface area contributed by atoms with Crippen LogP contribution in [0.5, 0.6) is 0 Å². The third-order valence-corrected chi connectivity index (χ3v) is 3.32. The standard InChI is InChI=1S/C12H11BrF5NO2/c1-2-21-10(20)11(14,15)9(19)7-5-6(12(16,17)18)3-4-8(7)13/h3-5,9H,2,19H2,1H3/t9-/m1/s1. The fraction of sp³-hybridized carbons (Fsp3) is 0.417. The molecule has 9 heteroatoms. The first-order valence-electron chi connectivity index (χ1n) is 5.69. The molecule has 0 saturated carbocycles. The summed E-state index contributed by atoms with van der Waals surface area (Å²) in [4.78, 5) is 11.2. The summed E-state index contributed by atoms with van der Waals surface area (Å²) in [6.07, 6.45) is -4.71. The molecular formula is C12H11BrF5NO2. The summed E-state index contributed by atoms with van der Waals surface area (Å²) < 4.78 is 69.5. The van der Waals surface area contributed by atoms with Crippen LogP contribution in [0, 0.1) is 0 Å². The number of benzene rings is 1. The minimum absolute atomic E-state index is 0.0630. The molecule has 0 radical (unpaired) electrons. The van der Waals surface area contributed by atoms with Gasteiger partial charge in [-0.2, -0.15) is 22.0 Å². The molecule has 0 aliphatic carbocycles. The van der Waals surface area contributed by atoms with Crippen LogP contribution in [-0.2, 0) is 15.7 Å². The van der Waals surface area contributed by atoms with Crippen molar-refractivity contribution in [2.24, 2.45) is 5.73 Å². The lowest BCUT2D eigenvalue weighted by molar-refractivity contribution is -0.174. The van der Waals surface area contributed by atoms with Crippen LogP contribution < -0.4 is 5.73 Å². The number of hydrogen-bond donors (Lipinski definition) is 1. The maximum Gasteiger partial charge on any atom is 0.416 e. The molecule has 2 N–H and O–H groups in total. The zero-order chi connectivity index (χ0) is 16.4. The quantitative estimate of drug-likeness (QED) is 0.645. The van der Waals surface area contributed by atoms with Crippen LogP contribution in [0.2, 0.25) is 0 Å². The summed E-state index contributed by atoms with van der Waals surface area (Å²) in [7, 11) is 0. The summed E-state index contributed by atoms with van der Waals surface area (Å²) in [5, 5.41) is 0. The fourth-order valence-corrected chi connectivity index (χ4v) is 2.00. The smallest absolute Gasteiger partial charge is 0.416 e. The van der Waals surface area contributed by atoms with Crippen molar-refractivity contribution in [1.29, 1.82) is 0 Å². The maximum atomic E-state index is 13.8. The van der Waals surface area contributed by atoms with Gasteiger partial charge in [-0.3, -0.25) is 0 Å². The Morgan fingerprint density at radius 2 is 1.90 bits per heavy atom. The van der Waals surface area contributed by atoms with Gasteiger partial charge in [0, 0.05) is 4.47 Å². The normalized spacial score (nSPS) is 13.9. The van der Waals surface area contributed by atoms with E-state index in [-0.39, 0.29) is 11.1 Å². The van der Waals surface area contributed by atoms with Crippen molar-refractivity contribution in [2.75, 3.05) is 6.61 Å². The molecule has 0 unspecified atom stereocenters. The average Bonchev–Trinajstić information content (AvgIpc) is 2.37. The molecule has 0 aliphatic heterocycles. The molecule has 0 spiro atoms. The van der Waals surface area contributed by atoms with Gasteiger partial charge in [0.15, 0.2) is 0 Å². The Morgan fingerprint density at radius 3 is 2.38 bits per heavy atom. The molecule has 0 amide bonds. The lowest BCUT2D eigenvalue weighted by Gasteiger charge is -2.23. The van der Waals surface area contributed by atoms with E-state index >= 15 is 0 Å². The molecule has 1 aromatic rings. The zero-order valence-corrected chi connectivity index (χ0v) is 12.3. The summed E-state index contributed by atoms with van der Waals surface area (Å²) in [6, 6.07) is -0.141. The Labute approximate surface area is 125 Å². The van der Waals surface area contributed by atoms with Crippen LogP contribution in [0.15, 0.2) is 22.7 Å². The van der Waals surface area contributed by atoms with E-state index in [0.29, 0.717) is 12.1 Å².